The van der Waals surface area contributed by atoms with Crippen LogP contribution >= 0.6 is 0 Å². The van der Waals surface area contributed by atoms with Gasteiger partial charge in [-0.15, -0.1) is 0 Å². The van der Waals surface area contributed by atoms with Crippen LogP contribution in [0.3, 0.4) is 0 Å². The molecule has 0 radical (unpaired) electrons. The number of alkyl halides is 3. The van der Waals surface area contributed by atoms with Crippen LogP contribution in [0.25, 0.3) is 0 Å². The van der Waals surface area contributed by atoms with E-state index in [-0.39, 0.29) is 5.56 Å². The number of rotatable bonds is 3. The fraction of sp³-hybridized carbons (Fsp3) is 0.300. The van der Waals surface area contributed by atoms with Crippen LogP contribution in [0.4, 0.5) is 13.2 Å². The van der Waals surface area contributed by atoms with Crippen molar-refractivity contribution in [1.29, 1.82) is 0 Å². The van der Waals surface area contributed by atoms with Crippen molar-refractivity contribution in [3.05, 3.63) is 29.8 Å². The predicted octanol–water partition coefficient (Wildman–Crippen LogP) is 2.83. The van der Waals surface area contributed by atoms with Gasteiger partial charge in [-0.1, -0.05) is 12.1 Å². The van der Waals surface area contributed by atoms with Gasteiger partial charge in [0.2, 0.25) is 0 Å². The highest BCUT2D eigenvalue weighted by Gasteiger charge is 2.31. The molecule has 0 aliphatic carbocycles. The number of methoxy groups -OCH3 is 1. The first-order valence-electron chi connectivity index (χ1n) is 4.16. The van der Waals surface area contributed by atoms with Crippen molar-refractivity contribution in [2.75, 3.05) is 7.11 Å². The Kier molecular flexibility index (Phi) is 3.34. The molecule has 0 atom stereocenters. The molecule has 0 saturated heterocycles. The minimum atomic E-state index is -4.47. The minimum absolute atomic E-state index is 0.00618. The van der Waals surface area contributed by atoms with E-state index >= 15 is 0 Å². The summed E-state index contributed by atoms with van der Waals surface area (Å²) in [5.74, 6) is -0.593. The highest BCUT2D eigenvalue weighted by atomic mass is 19.4. The van der Waals surface area contributed by atoms with E-state index in [0.29, 0.717) is 5.75 Å². The number of Topliss-reactive ketones (excluding diaryl/α,β-unsaturated/α-hetero) is 1. The van der Waals surface area contributed by atoms with E-state index in [9.17, 15) is 18.0 Å². The zero-order chi connectivity index (χ0) is 11.5. The third kappa shape index (κ3) is 3.61. The fourth-order valence-electron chi connectivity index (χ4n) is 1.08. The van der Waals surface area contributed by atoms with Crippen LogP contribution in [0.15, 0.2) is 24.3 Å². The maximum absolute atomic E-state index is 11.9. The SMILES string of the molecule is COc1cccc(C(=O)CC(F)(F)F)c1. The molecule has 15 heavy (non-hydrogen) atoms. The summed E-state index contributed by atoms with van der Waals surface area (Å²) in [6.45, 7) is 0. The molecule has 0 heterocycles. The van der Waals surface area contributed by atoms with Gasteiger partial charge in [-0.3, -0.25) is 4.79 Å². The van der Waals surface area contributed by atoms with Crippen molar-refractivity contribution in [3.63, 3.8) is 0 Å². The summed E-state index contributed by atoms with van der Waals surface area (Å²) in [5, 5.41) is 0. The Morgan fingerprint density at radius 3 is 2.60 bits per heavy atom. The number of hydrogen-bond donors (Lipinski definition) is 0. The van der Waals surface area contributed by atoms with Crippen LogP contribution in [0, 0.1) is 0 Å². The van der Waals surface area contributed by atoms with E-state index in [1.54, 1.807) is 6.07 Å². The van der Waals surface area contributed by atoms with Gasteiger partial charge in [-0.05, 0) is 12.1 Å². The van der Waals surface area contributed by atoms with Gasteiger partial charge in [0, 0.05) is 5.56 Å². The number of ether oxygens (including phenoxy) is 1. The van der Waals surface area contributed by atoms with Crippen LogP contribution in [-0.2, 0) is 0 Å². The Labute approximate surface area is 84.7 Å². The number of carbonyl (C=O) groups is 1. The number of halogens is 3. The van der Waals surface area contributed by atoms with Gasteiger partial charge in [-0.2, -0.15) is 13.2 Å². The summed E-state index contributed by atoms with van der Waals surface area (Å²) in [4.78, 5) is 11.2. The summed E-state index contributed by atoms with van der Waals surface area (Å²) < 4.78 is 40.6. The lowest BCUT2D eigenvalue weighted by molar-refractivity contribution is -0.125. The summed E-state index contributed by atoms with van der Waals surface area (Å²) in [5.41, 5.74) is 0.00618. The number of hydrogen-bond acceptors (Lipinski definition) is 2. The highest BCUT2D eigenvalue weighted by Crippen LogP contribution is 2.23. The Morgan fingerprint density at radius 1 is 1.40 bits per heavy atom. The third-order valence-corrected chi connectivity index (χ3v) is 1.75. The zero-order valence-corrected chi connectivity index (χ0v) is 7.97. The van der Waals surface area contributed by atoms with E-state index < -0.39 is 18.4 Å². The van der Waals surface area contributed by atoms with E-state index in [2.05, 4.69) is 0 Å². The van der Waals surface area contributed by atoms with Crippen molar-refractivity contribution >= 4 is 5.78 Å². The minimum Gasteiger partial charge on any atom is -0.497 e. The second-order valence-electron chi connectivity index (χ2n) is 2.95. The highest BCUT2D eigenvalue weighted by molar-refractivity contribution is 5.96. The quantitative estimate of drug-likeness (QED) is 0.729. The molecule has 2 nitrogen and oxygen atoms in total. The second kappa shape index (κ2) is 4.33. The molecule has 0 bridgehead atoms. The summed E-state index contributed by atoms with van der Waals surface area (Å²) >= 11 is 0. The number of ketones is 1. The van der Waals surface area contributed by atoms with Gasteiger partial charge in [-0.25, -0.2) is 0 Å². The van der Waals surface area contributed by atoms with Crippen LogP contribution in [0.2, 0.25) is 0 Å². The molecule has 1 aromatic rings. The van der Waals surface area contributed by atoms with Crippen molar-refractivity contribution in [1.82, 2.24) is 0 Å². The van der Waals surface area contributed by atoms with Crippen LogP contribution in [0.1, 0.15) is 16.8 Å². The molecule has 0 fully saturated rings. The molecule has 0 unspecified atom stereocenters. The average molecular weight is 218 g/mol. The van der Waals surface area contributed by atoms with Crippen molar-refractivity contribution in [3.8, 4) is 5.75 Å². The molecular weight excluding hydrogens is 209 g/mol. The van der Waals surface area contributed by atoms with Gasteiger partial charge >= 0.3 is 6.18 Å². The normalized spacial score (nSPS) is 11.2. The molecule has 0 spiro atoms. The van der Waals surface area contributed by atoms with Crippen LogP contribution < -0.4 is 4.74 Å². The fourth-order valence-corrected chi connectivity index (χ4v) is 1.08. The van der Waals surface area contributed by atoms with Gasteiger partial charge in [0.05, 0.1) is 7.11 Å². The van der Waals surface area contributed by atoms with E-state index in [0.717, 1.165) is 0 Å². The molecule has 0 aromatic heterocycles. The lowest BCUT2D eigenvalue weighted by Gasteiger charge is -2.06. The van der Waals surface area contributed by atoms with Crippen molar-refractivity contribution in [2.24, 2.45) is 0 Å². The topological polar surface area (TPSA) is 26.3 Å². The summed E-state index contributed by atoms with van der Waals surface area (Å²) in [6, 6.07) is 5.65. The first-order chi connectivity index (χ1) is 6.92. The molecule has 0 aliphatic heterocycles. The zero-order valence-electron chi connectivity index (χ0n) is 7.97. The molecule has 0 aliphatic rings. The van der Waals surface area contributed by atoms with Gasteiger partial charge in [0.25, 0.3) is 0 Å². The average Bonchev–Trinajstić information content (AvgIpc) is 2.15. The summed E-state index contributed by atoms with van der Waals surface area (Å²) in [6.07, 6.45) is -5.92. The lowest BCUT2D eigenvalue weighted by Crippen LogP contribution is -2.14. The Bertz CT molecular complexity index is 358. The van der Waals surface area contributed by atoms with Gasteiger partial charge in [0.1, 0.15) is 12.2 Å². The molecule has 1 aromatic carbocycles. The molecule has 0 N–H and O–H groups in total. The molecule has 0 amide bonds. The molecule has 0 saturated carbocycles. The predicted molar refractivity (Wildman–Crippen MR) is 48.0 cm³/mol. The number of carbonyl (C=O) groups excluding carboxylic acids is 1. The van der Waals surface area contributed by atoms with Gasteiger partial charge in [0.15, 0.2) is 5.78 Å². The second-order valence-corrected chi connectivity index (χ2v) is 2.95. The van der Waals surface area contributed by atoms with E-state index in [1.807, 2.05) is 0 Å². The monoisotopic (exact) mass is 218 g/mol. The molecule has 82 valence electrons. The van der Waals surface area contributed by atoms with E-state index in [4.69, 9.17) is 4.74 Å². The standard InChI is InChI=1S/C10H9F3O2/c1-15-8-4-2-3-7(5-8)9(14)6-10(11,12)13/h2-5H,6H2,1H3. The van der Waals surface area contributed by atoms with E-state index in [1.165, 1.54) is 25.3 Å². The molecule has 5 heteroatoms. The molecular formula is C10H9F3O2. The van der Waals surface area contributed by atoms with Crippen LogP contribution in [0.5, 0.6) is 5.75 Å². The largest absolute Gasteiger partial charge is 0.497 e. The first kappa shape index (κ1) is 11.6. The maximum Gasteiger partial charge on any atom is 0.396 e. The third-order valence-electron chi connectivity index (χ3n) is 1.75. The Hall–Kier alpha value is -1.52. The van der Waals surface area contributed by atoms with Crippen molar-refractivity contribution < 1.29 is 22.7 Å². The van der Waals surface area contributed by atoms with Crippen LogP contribution in [-0.4, -0.2) is 19.1 Å². The smallest absolute Gasteiger partial charge is 0.396 e. The Balaban J connectivity index is 2.82. The van der Waals surface area contributed by atoms with Crippen molar-refractivity contribution in [2.45, 2.75) is 12.6 Å². The van der Waals surface area contributed by atoms with Gasteiger partial charge < -0.3 is 4.74 Å². The lowest BCUT2D eigenvalue weighted by atomic mass is 10.1. The first-order valence-corrected chi connectivity index (χ1v) is 4.16. The maximum atomic E-state index is 11.9. The molecule has 1 rings (SSSR count). The number of benzene rings is 1. The summed E-state index contributed by atoms with van der Waals surface area (Å²) in [7, 11) is 1.38. The Morgan fingerprint density at radius 2 is 2.07 bits per heavy atom.